The molecule has 0 radical (unpaired) electrons. The van der Waals surface area contributed by atoms with Crippen LogP contribution in [0.1, 0.15) is 17.9 Å². The van der Waals surface area contributed by atoms with Crippen LogP contribution in [-0.2, 0) is 6.42 Å². The molecule has 122 valence electrons. The van der Waals surface area contributed by atoms with Gasteiger partial charge in [0.2, 0.25) is 0 Å². The van der Waals surface area contributed by atoms with E-state index in [0.29, 0.717) is 5.69 Å². The van der Waals surface area contributed by atoms with Gasteiger partial charge in [0.15, 0.2) is 0 Å². The van der Waals surface area contributed by atoms with E-state index >= 15 is 0 Å². The molecule has 0 aliphatic rings. The summed E-state index contributed by atoms with van der Waals surface area (Å²) in [7, 11) is 0. The van der Waals surface area contributed by atoms with E-state index in [0.717, 1.165) is 52.8 Å². The van der Waals surface area contributed by atoms with E-state index in [9.17, 15) is 0 Å². The molecule has 2 heterocycles. The lowest BCUT2D eigenvalue weighted by Crippen LogP contribution is -2.05. The quantitative estimate of drug-likeness (QED) is 0.543. The number of aromatic amines is 1. The number of pyridine rings is 1. The second-order valence-corrected chi connectivity index (χ2v) is 5.91. The smallest absolute Gasteiger partial charge is 0.143 e. The molecule has 4 aromatic rings. The number of hydrogen-bond donors (Lipinski definition) is 2. The van der Waals surface area contributed by atoms with Gasteiger partial charge in [-0.15, -0.1) is 0 Å². The van der Waals surface area contributed by atoms with Crippen molar-refractivity contribution >= 4 is 27.6 Å². The van der Waals surface area contributed by atoms with Crippen LogP contribution in [-0.4, -0.2) is 21.5 Å². The fourth-order valence-corrected chi connectivity index (χ4v) is 2.98. The van der Waals surface area contributed by atoms with Gasteiger partial charge in [-0.3, -0.25) is 0 Å². The molecule has 25 heavy (non-hydrogen) atoms. The second kappa shape index (κ2) is 6.62. The van der Waals surface area contributed by atoms with Crippen LogP contribution in [0.3, 0.4) is 0 Å². The number of nitriles is 1. The summed E-state index contributed by atoms with van der Waals surface area (Å²) in [6.45, 7) is 0.802. The van der Waals surface area contributed by atoms with Gasteiger partial charge in [-0.25, -0.2) is 9.97 Å². The van der Waals surface area contributed by atoms with E-state index in [4.69, 9.17) is 5.26 Å². The number of para-hydroxylation sites is 3. The molecule has 5 heteroatoms. The van der Waals surface area contributed by atoms with Crippen LogP contribution in [0.15, 0.2) is 54.6 Å². The zero-order chi connectivity index (χ0) is 17.1. The molecule has 2 aromatic carbocycles. The van der Waals surface area contributed by atoms with Gasteiger partial charge in [-0.1, -0.05) is 30.3 Å². The van der Waals surface area contributed by atoms with Crippen LogP contribution in [0.5, 0.6) is 0 Å². The Morgan fingerprint density at radius 3 is 2.64 bits per heavy atom. The molecule has 4 rings (SSSR count). The molecule has 5 nitrogen and oxygen atoms in total. The van der Waals surface area contributed by atoms with Crippen molar-refractivity contribution in [2.24, 2.45) is 0 Å². The highest BCUT2D eigenvalue weighted by Crippen LogP contribution is 2.23. The van der Waals surface area contributed by atoms with Gasteiger partial charge in [0.1, 0.15) is 17.6 Å². The Kier molecular flexibility index (Phi) is 4.01. The van der Waals surface area contributed by atoms with Gasteiger partial charge in [0, 0.05) is 24.0 Å². The Balaban J connectivity index is 1.45. The number of nitrogens with one attached hydrogen (secondary N) is 2. The Labute approximate surface area is 145 Å². The van der Waals surface area contributed by atoms with Crippen LogP contribution in [0, 0.1) is 11.3 Å². The van der Waals surface area contributed by atoms with E-state index in [1.807, 2.05) is 54.6 Å². The van der Waals surface area contributed by atoms with Gasteiger partial charge in [0.25, 0.3) is 0 Å². The number of fused-ring (bicyclic) bond motifs is 2. The molecule has 0 amide bonds. The van der Waals surface area contributed by atoms with Crippen molar-refractivity contribution in [3.63, 3.8) is 0 Å². The summed E-state index contributed by atoms with van der Waals surface area (Å²) in [4.78, 5) is 12.3. The number of benzene rings is 2. The molecular formula is C20H17N5. The Morgan fingerprint density at radius 1 is 1.00 bits per heavy atom. The lowest BCUT2D eigenvalue weighted by Gasteiger charge is -2.09. The molecule has 2 N–H and O–H groups in total. The summed E-state index contributed by atoms with van der Waals surface area (Å²) in [6, 6.07) is 19.8. The van der Waals surface area contributed by atoms with Gasteiger partial charge >= 0.3 is 0 Å². The van der Waals surface area contributed by atoms with Crippen LogP contribution < -0.4 is 5.32 Å². The average molecular weight is 327 g/mol. The standard InChI is InChI=1S/C20H17N5/c21-13-14-12-19(15-6-1-2-7-16(15)23-14)22-11-5-10-20-24-17-8-3-4-9-18(17)25-20/h1-4,6-9,12H,5,10-11H2,(H,22,23)(H,24,25). The zero-order valence-electron chi connectivity index (χ0n) is 13.7. The van der Waals surface area contributed by atoms with Crippen molar-refractivity contribution in [2.75, 3.05) is 11.9 Å². The van der Waals surface area contributed by atoms with E-state index in [2.05, 4.69) is 26.3 Å². The third-order valence-electron chi connectivity index (χ3n) is 4.17. The molecular weight excluding hydrogens is 310 g/mol. The minimum Gasteiger partial charge on any atom is -0.384 e. The molecule has 2 aromatic heterocycles. The highest BCUT2D eigenvalue weighted by Gasteiger charge is 2.06. The largest absolute Gasteiger partial charge is 0.384 e. The minimum absolute atomic E-state index is 0.429. The van der Waals surface area contributed by atoms with Crippen LogP contribution in [0.4, 0.5) is 5.69 Å². The molecule has 0 spiro atoms. The van der Waals surface area contributed by atoms with Crippen molar-refractivity contribution in [2.45, 2.75) is 12.8 Å². The first kappa shape index (κ1) is 15.2. The second-order valence-electron chi connectivity index (χ2n) is 5.91. The van der Waals surface area contributed by atoms with Crippen molar-refractivity contribution in [3.05, 3.63) is 66.1 Å². The molecule has 0 bridgehead atoms. The predicted octanol–water partition coefficient (Wildman–Crippen LogP) is 4.03. The SMILES string of the molecule is N#Cc1cc(NCCCc2nc3ccccc3[nH]2)c2ccccc2n1. The van der Waals surface area contributed by atoms with Crippen LogP contribution in [0.2, 0.25) is 0 Å². The number of aromatic nitrogens is 3. The molecule has 0 fully saturated rings. The molecule has 0 unspecified atom stereocenters. The average Bonchev–Trinajstić information content (AvgIpc) is 3.07. The Hall–Kier alpha value is -3.39. The number of aryl methyl sites for hydroxylation is 1. The topological polar surface area (TPSA) is 77.4 Å². The van der Waals surface area contributed by atoms with E-state index in [1.165, 1.54) is 0 Å². The lowest BCUT2D eigenvalue weighted by molar-refractivity contribution is 0.820. The third-order valence-corrected chi connectivity index (χ3v) is 4.17. The van der Waals surface area contributed by atoms with Crippen LogP contribution >= 0.6 is 0 Å². The fourth-order valence-electron chi connectivity index (χ4n) is 2.98. The number of nitrogens with zero attached hydrogens (tertiary/aromatic N) is 3. The number of rotatable bonds is 5. The monoisotopic (exact) mass is 327 g/mol. The molecule has 0 aliphatic carbocycles. The first-order valence-corrected chi connectivity index (χ1v) is 8.31. The van der Waals surface area contributed by atoms with E-state index < -0.39 is 0 Å². The Morgan fingerprint density at radius 2 is 1.80 bits per heavy atom. The third kappa shape index (κ3) is 3.15. The Bertz CT molecular complexity index is 1040. The summed E-state index contributed by atoms with van der Waals surface area (Å²) in [5.41, 5.74) is 4.29. The van der Waals surface area contributed by atoms with E-state index in [1.54, 1.807) is 0 Å². The minimum atomic E-state index is 0.429. The zero-order valence-corrected chi connectivity index (χ0v) is 13.7. The summed E-state index contributed by atoms with van der Waals surface area (Å²) in [6.07, 6.45) is 1.81. The number of H-pyrrole nitrogens is 1. The molecule has 0 saturated carbocycles. The highest BCUT2D eigenvalue weighted by atomic mass is 14.9. The maximum atomic E-state index is 9.16. The first-order chi connectivity index (χ1) is 12.3. The van der Waals surface area contributed by atoms with Crippen LogP contribution in [0.25, 0.3) is 21.9 Å². The van der Waals surface area contributed by atoms with Gasteiger partial charge in [0.05, 0.1) is 16.6 Å². The maximum Gasteiger partial charge on any atom is 0.143 e. The van der Waals surface area contributed by atoms with Gasteiger partial charge < -0.3 is 10.3 Å². The summed E-state index contributed by atoms with van der Waals surface area (Å²) < 4.78 is 0. The summed E-state index contributed by atoms with van der Waals surface area (Å²) in [5, 5.41) is 13.6. The normalized spacial score (nSPS) is 10.8. The first-order valence-electron chi connectivity index (χ1n) is 8.31. The van der Waals surface area contributed by atoms with Crippen molar-refractivity contribution in [1.82, 2.24) is 15.0 Å². The van der Waals surface area contributed by atoms with E-state index in [-0.39, 0.29) is 0 Å². The molecule has 0 atom stereocenters. The number of imidazole rings is 1. The van der Waals surface area contributed by atoms with Crippen molar-refractivity contribution in [3.8, 4) is 6.07 Å². The lowest BCUT2D eigenvalue weighted by atomic mass is 10.1. The van der Waals surface area contributed by atoms with Gasteiger partial charge in [-0.2, -0.15) is 5.26 Å². The fraction of sp³-hybridized carbons (Fsp3) is 0.150. The summed E-state index contributed by atoms with van der Waals surface area (Å²) >= 11 is 0. The number of anilines is 1. The molecule has 0 saturated heterocycles. The van der Waals surface area contributed by atoms with Gasteiger partial charge in [-0.05, 0) is 30.7 Å². The predicted molar refractivity (Wildman–Crippen MR) is 99.4 cm³/mol. The number of hydrogen-bond acceptors (Lipinski definition) is 4. The molecule has 0 aliphatic heterocycles. The van der Waals surface area contributed by atoms with Crippen molar-refractivity contribution < 1.29 is 0 Å². The summed E-state index contributed by atoms with van der Waals surface area (Å²) in [5.74, 6) is 1.00. The highest BCUT2D eigenvalue weighted by molar-refractivity contribution is 5.91. The van der Waals surface area contributed by atoms with Crippen molar-refractivity contribution in [1.29, 1.82) is 5.26 Å². The maximum absolute atomic E-state index is 9.16.